The molecule has 1 aromatic carbocycles. The number of carbonyl (C=O) groups is 1. The zero-order valence-corrected chi connectivity index (χ0v) is 18.2. The first-order valence-electron chi connectivity index (χ1n) is 10.2. The molecule has 32 heavy (non-hydrogen) atoms. The summed E-state index contributed by atoms with van der Waals surface area (Å²) >= 11 is 0. The van der Waals surface area contributed by atoms with E-state index in [0.717, 1.165) is 18.0 Å². The Labute approximate surface area is 186 Å². The van der Waals surface area contributed by atoms with Crippen LogP contribution in [0.25, 0.3) is 11.4 Å². The maximum atomic E-state index is 13.1. The van der Waals surface area contributed by atoms with Crippen LogP contribution in [0.1, 0.15) is 29.8 Å². The second-order valence-electron chi connectivity index (χ2n) is 7.71. The number of hydrazone groups is 1. The molecule has 8 nitrogen and oxygen atoms in total. The molecule has 2 heterocycles. The summed E-state index contributed by atoms with van der Waals surface area (Å²) in [4.78, 5) is 17.2. The highest BCUT2D eigenvalue weighted by molar-refractivity contribution is 6.14. The van der Waals surface area contributed by atoms with Crippen molar-refractivity contribution in [2.75, 3.05) is 5.43 Å². The number of carbonyl (C=O) groups excluding carboxylic acids is 1. The van der Waals surface area contributed by atoms with Crippen LogP contribution in [0.3, 0.4) is 0 Å². The van der Waals surface area contributed by atoms with Crippen molar-refractivity contribution in [1.29, 1.82) is 5.41 Å². The summed E-state index contributed by atoms with van der Waals surface area (Å²) in [5.41, 5.74) is 5.98. The maximum absolute atomic E-state index is 13.1. The summed E-state index contributed by atoms with van der Waals surface area (Å²) in [7, 11) is 0. The van der Waals surface area contributed by atoms with Crippen molar-refractivity contribution >= 4 is 24.0 Å². The molecule has 9 heteroatoms. The number of hydrogen-bond acceptors (Lipinski definition) is 6. The highest BCUT2D eigenvalue weighted by atomic mass is 19.1. The third-order valence-corrected chi connectivity index (χ3v) is 4.89. The van der Waals surface area contributed by atoms with Gasteiger partial charge in [-0.1, -0.05) is 25.5 Å². The quantitative estimate of drug-likeness (QED) is 0.350. The summed E-state index contributed by atoms with van der Waals surface area (Å²) in [6.07, 6.45) is 5.32. The lowest BCUT2D eigenvalue weighted by molar-refractivity contribution is 0.0920. The molecule has 0 saturated carbocycles. The van der Waals surface area contributed by atoms with E-state index in [-0.39, 0.29) is 17.9 Å². The second-order valence-corrected chi connectivity index (χ2v) is 7.71. The Kier molecular flexibility index (Phi) is 7.43. The lowest BCUT2D eigenvalue weighted by atomic mass is 10.0. The Balaban J connectivity index is 1.75. The molecule has 0 spiro atoms. The summed E-state index contributed by atoms with van der Waals surface area (Å²) in [6, 6.07) is 10.0. The van der Waals surface area contributed by atoms with E-state index in [1.165, 1.54) is 12.3 Å². The van der Waals surface area contributed by atoms with Gasteiger partial charge in [-0.3, -0.25) is 19.9 Å². The largest absolute Gasteiger partial charge is 0.347 e. The average molecular weight is 436 g/mol. The zero-order valence-electron chi connectivity index (χ0n) is 18.2. The number of nitrogens with zero attached hydrogens (tertiary/aromatic N) is 4. The van der Waals surface area contributed by atoms with Crippen molar-refractivity contribution in [2.45, 2.75) is 33.4 Å². The Bertz CT molecular complexity index is 1110. The molecular weight excluding hydrogens is 409 g/mol. The fourth-order valence-corrected chi connectivity index (χ4v) is 3.09. The van der Waals surface area contributed by atoms with E-state index < -0.39 is 5.82 Å². The number of aromatic nitrogens is 3. The Morgan fingerprint density at radius 1 is 1.25 bits per heavy atom. The number of hydrogen-bond donors (Lipinski definition) is 3. The van der Waals surface area contributed by atoms with Gasteiger partial charge in [0.25, 0.3) is 5.91 Å². The molecule has 166 valence electrons. The molecule has 0 radical (unpaired) electrons. The first-order chi connectivity index (χ1) is 15.4. The van der Waals surface area contributed by atoms with Gasteiger partial charge < -0.3 is 10.7 Å². The van der Waals surface area contributed by atoms with E-state index in [9.17, 15) is 9.18 Å². The van der Waals surface area contributed by atoms with Gasteiger partial charge in [-0.2, -0.15) is 10.2 Å². The molecule has 0 fully saturated rings. The molecule has 0 unspecified atom stereocenters. The predicted octanol–water partition coefficient (Wildman–Crippen LogP) is 3.89. The fraction of sp³-hybridized carbons (Fsp3) is 0.261. The third kappa shape index (κ3) is 5.84. The van der Waals surface area contributed by atoms with Crippen molar-refractivity contribution in [2.24, 2.45) is 11.0 Å². The lowest BCUT2D eigenvalue weighted by Gasteiger charge is -2.23. The van der Waals surface area contributed by atoms with Gasteiger partial charge >= 0.3 is 0 Å². The molecule has 3 N–H and O–H groups in total. The minimum atomic E-state index is -0.399. The normalized spacial score (nSPS) is 12.2. The summed E-state index contributed by atoms with van der Waals surface area (Å²) in [5.74, 6) is -0.482. The molecule has 0 bridgehead atoms. The molecule has 0 aliphatic heterocycles. The smallest absolute Gasteiger partial charge is 0.253 e. The molecule has 0 aliphatic rings. The zero-order chi connectivity index (χ0) is 23.1. The minimum absolute atomic E-state index is 0.146. The van der Waals surface area contributed by atoms with E-state index in [4.69, 9.17) is 5.41 Å². The Morgan fingerprint density at radius 2 is 2.06 bits per heavy atom. The van der Waals surface area contributed by atoms with Crippen molar-refractivity contribution in [1.82, 2.24) is 20.1 Å². The lowest BCUT2D eigenvalue weighted by Crippen LogP contribution is -2.41. The molecular formula is C23H26FN7O. The second kappa shape index (κ2) is 10.4. The molecule has 3 rings (SSSR count). The van der Waals surface area contributed by atoms with Gasteiger partial charge in [-0.15, -0.1) is 0 Å². The SMILES string of the molecule is Cc1ccc(N/N=C\C=N)c(C(=O)N[C@H](Cn2ccc(-c3ccc(F)cn3)n2)C(C)C)c1. The van der Waals surface area contributed by atoms with Crippen LogP contribution >= 0.6 is 0 Å². The van der Waals surface area contributed by atoms with Crippen molar-refractivity contribution in [3.63, 3.8) is 0 Å². The van der Waals surface area contributed by atoms with Gasteiger partial charge in [0.1, 0.15) is 11.5 Å². The number of nitrogens with one attached hydrogen (secondary N) is 3. The molecule has 3 aromatic rings. The standard InChI is InChI=1S/C23H26FN7O/c1-15(2)22(14-31-11-8-21(30-31)20-7-5-17(24)13-26-20)28-23(32)18-12-16(3)4-6-19(18)29-27-10-9-25/h4-13,15,22,25,29H,14H2,1-3H3,(H,28,32)/b25-9?,27-10-/t22-/m1/s1. The van der Waals surface area contributed by atoms with E-state index in [0.29, 0.717) is 29.2 Å². The molecule has 1 atom stereocenters. The number of halogens is 1. The van der Waals surface area contributed by atoms with Gasteiger partial charge in [-0.05, 0) is 43.2 Å². The van der Waals surface area contributed by atoms with E-state index in [1.54, 1.807) is 22.9 Å². The summed E-state index contributed by atoms with van der Waals surface area (Å²) in [5, 5.41) is 18.6. The first kappa shape index (κ1) is 22.8. The summed E-state index contributed by atoms with van der Waals surface area (Å²) in [6.45, 7) is 6.43. The van der Waals surface area contributed by atoms with Crippen LogP contribution in [-0.4, -0.2) is 39.1 Å². The summed E-state index contributed by atoms with van der Waals surface area (Å²) < 4.78 is 14.9. The van der Waals surface area contributed by atoms with Crippen LogP contribution in [0.2, 0.25) is 0 Å². The fourth-order valence-electron chi connectivity index (χ4n) is 3.09. The van der Waals surface area contributed by atoms with Crippen LogP contribution in [0, 0.1) is 24.1 Å². The van der Waals surface area contributed by atoms with Crippen LogP contribution in [0.15, 0.2) is 53.9 Å². The number of aryl methyl sites for hydroxylation is 1. The molecule has 2 aromatic heterocycles. The minimum Gasteiger partial charge on any atom is -0.347 e. The van der Waals surface area contributed by atoms with Gasteiger partial charge in [0.15, 0.2) is 0 Å². The average Bonchev–Trinajstić information content (AvgIpc) is 3.23. The Hall–Kier alpha value is -3.88. The molecule has 1 amide bonds. The van der Waals surface area contributed by atoms with Gasteiger partial charge in [0.2, 0.25) is 0 Å². The topological polar surface area (TPSA) is 108 Å². The third-order valence-electron chi connectivity index (χ3n) is 4.89. The highest BCUT2D eigenvalue weighted by Crippen LogP contribution is 2.19. The number of benzene rings is 1. The van der Waals surface area contributed by atoms with Crippen LogP contribution < -0.4 is 10.7 Å². The number of rotatable bonds is 9. The number of pyridine rings is 1. The maximum Gasteiger partial charge on any atom is 0.253 e. The first-order valence-corrected chi connectivity index (χ1v) is 10.2. The van der Waals surface area contributed by atoms with Crippen molar-refractivity contribution < 1.29 is 9.18 Å². The van der Waals surface area contributed by atoms with E-state index in [2.05, 4.69) is 25.9 Å². The Morgan fingerprint density at radius 3 is 2.75 bits per heavy atom. The van der Waals surface area contributed by atoms with Crippen LogP contribution in [0.5, 0.6) is 0 Å². The van der Waals surface area contributed by atoms with Gasteiger partial charge in [-0.25, -0.2) is 4.39 Å². The van der Waals surface area contributed by atoms with Gasteiger partial charge in [0.05, 0.1) is 41.9 Å². The number of anilines is 1. The monoisotopic (exact) mass is 435 g/mol. The van der Waals surface area contributed by atoms with Crippen LogP contribution in [0.4, 0.5) is 10.1 Å². The molecule has 0 saturated heterocycles. The molecule has 0 aliphatic carbocycles. The van der Waals surface area contributed by atoms with Crippen molar-refractivity contribution in [3.8, 4) is 11.4 Å². The van der Waals surface area contributed by atoms with E-state index >= 15 is 0 Å². The van der Waals surface area contributed by atoms with Crippen LogP contribution in [-0.2, 0) is 6.54 Å². The van der Waals surface area contributed by atoms with E-state index in [1.807, 2.05) is 39.1 Å². The van der Waals surface area contributed by atoms with Gasteiger partial charge in [0, 0.05) is 12.4 Å². The predicted molar refractivity (Wildman–Crippen MR) is 124 cm³/mol. The van der Waals surface area contributed by atoms with Crippen molar-refractivity contribution in [3.05, 3.63) is 65.7 Å². The number of amides is 1. The highest BCUT2D eigenvalue weighted by Gasteiger charge is 2.20.